The summed E-state index contributed by atoms with van der Waals surface area (Å²) >= 11 is 0. The second kappa shape index (κ2) is 7.49. The molecule has 3 rings (SSSR count). The van der Waals surface area contributed by atoms with Crippen LogP contribution in [0.25, 0.3) is 11.0 Å². The number of carbonyl (C=O) groups excluding carboxylic acids is 1. The van der Waals surface area contributed by atoms with Gasteiger partial charge in [-0.3, -0.25) is 4.79 Å². The second-order valence-electron chi connectivity index (χ2n) is 6.59. The number of amides is 1. The molecule has 25 heavy (non-hydrogen) atoms. The Labute approximate surface area is 148 Å². The smallest absolute Gasteiger partial charge is 0.243 e. The highest BCUT2D eigenvalue weighted by molar-refractivity contribution is 5.83. The summed E-state index contributed by atoms with van der Waals surface area (Å²) in [5, 5.41) is 3.01. The zero-order valence-electron chi connectivity index (χ0n) is 14.9. The zero-order chi connectivity index (χ0) is 17.8. The molecule has 5 heteroatoms. The van der Waals surface area contributed by atoms with Gasteiger partial charge in [-0.1, -0.05) is 36.4 Å². The highest BCUT2D eigenvalue weighted by Gasteiger charge is 2.16. The summed E-state index contributed by atoms with van der Waals surface area (Å²) in [6, 6.07) is 15.9. The fourth-order valence-corrected chi connectivity index (χ4v) is 2.88. The van der Waals surface area contributed by atoms with Gasteiger partial charge in [0, 0.05) is 13.1 Å². The number of nitrogens with zero attached hydrogens (tertiary/aromatic N) is 3. The fourth-order valence-electron chi connectivity index (χ4n) is 2.88. The first kappa shape index (κ1) is 17.2. The van der Waals surface area contributed by atoms with E-state index in [9.17, 15) is 4.79 Å². The van der Waals surface area contributed by atoms with Gasteiger partial charge in [-0.05, 0) is 44.3 Å². The molecule has 1 aromatic heterocycles. The van der Waals surface area contributed by atoms with Gasteiger partial charge in [0.1, 0.15) is 6.04 Å². The maximum absolute atomic E-state index is 12.5. The van der Waals surface area contributed by atoms with Crippen LogP contribution in [0.3, 0.4) is 0 Å². The van der Waals surface area contributed by atoms with Crippen molar-refractivity contribution < 1.29 is 4.79 Å². The van der Waals surface area contributed by atoms with E-state index in [1.165, 1.54) is 5.56 Å². The van der Waals surface area contributed by atoms with Crippen LogP contribution >= 0.6 is 0 Å². The summed E-state index contributed by atoms with van der Waals surface area (Å²) in [5.74, 6) is -0.0134. The number of hydrogen-bond donors (Lipinski definition) is 1. The van der Waals surface area contributed by atoms with Crippen molar-refractivity contribution in [3.8, 4) is 0 Å². The van der Waals surface area contributed by atoms with Crippen LogP contribution in [0.1, 0.15) is 24.1 Å². The van der Waals surface area contributed by atoms with E-state index in [2.05, 4.69) is 53.6 Å². The zero-order valence-corrected chi connectivity index (χ0v) is 14.9. The minimum atomic E-state index is -0.305. The molecule has 0 spiro atoms. The lowest BCUT2D eigenvalue weighted by molar-refractivity contribution is -0.123. The van der Waals surface area contributed by atoms with E-state index >= 15 is 0 Å². The van der Waals surface area contributed by atoms with Crippen molar-refractivity contribution in [2.45, 2.75) is 26.1 Å². The number of benzene rings is 2. The normalized spacial score (nSPS) is 12.5. The number of rotatable bonds is 6. The second-order valence-corrected chi connectivity index (χ2v) is 6.59. The van der Waals surface area contributed by atoms with Crippen LogP contribution in [-0.2, 0) is 17.9 Å². The quantitative estimate of drug-likeness (QED) is 0.753. The van der Waals surface area contributed by atoms with Gasteiger partial charge in [-0.15, -0.1) is 0 Å². The predicted octanol–water partition coefficient (Wildman–Crippen LogP) is 2.98. The number of para-hydroxylation sites is 2. The van der Waals surface area contributed by atoms with Crippen molar-refractivity contribution in [3.05, 3.63) is 66.0 Å². The topological polar surface area (TPSA) is 50.2 Å². The maximum atomic E-state index is 12.5. The molecular formula is C20H24N4O. The average Bonchev–Trinajstić information content (AvgIpc) is 3.04. The van der Waals surface area contributed by atoms with Crippen LogP contribution in [0.2, 0.25) is 0 Å². The molecule has 1 unspecified atom stereocenters. The summed E-state index contributed by atoms with van der Waals surface area (Å²) in [5.41, 5.74) is 4.23. The van der Waals surface area contributed by atoms with E-state index in [-0.39, 0.29) is 11.9 Å². The number of fused-ring (bicyclic) bond motifs is 1. The third-order valence-electron chi connectivity index (χ3n) is 4.27. The standard InChI is InChI=1S/C20H24N4O/c1-15(24-14-22-18-6-4-5-7-19(18)24)20(25)21-12-16-8-10-17(11-9-16)13-23(2)3/h4-11,14-15H,12-13H2,1-3H3,(H,21,25). The van der Waals surface area contributed by atoms with Crippen molar-refractivity contribution in [1.29, 1.82) is 0 Å². The third kappa shape index (κ3) is 4.06. The Morgan fingerprint density at radius 3 is 2.52 bits per heavy atom. The first-order valence-corrected chi connectivity index (χ1v) is 8.46. The van der Waals surface area contributed by atoms with Gasteiger partial charge >= 0.3 is 0 Å². The molecule has 0 saturated carbocycles. The molecule has 0 radical (unpaired) electrons. The Hall–Kier alpha value is -2.66. The molecule has 5 nitrogen and oxygen atoms in total. The van der Waals surface area contributed by atoms with Crippen LogP contribution in [0.5, 0.6) is 0 Å². The van der Waals surface area contributed by atoms with Crippen molar-refractivity contribution in [2.24, 2.45) is 0 Å². The van der Waals surface area contributed by atoms with Crippen LogP contribution in [0, 0.1) is 0 Å². The van der Waals surface area contributed by atoms with E-state index in [1.807, 2.05) is 35.8 Å². The van der Waals surface area contributed by atoms with Crippen molar-refractivity contribution >= 4 is 16.9 Å². The summed E-state index contributed by atoms with van der Waals surface area (Å²) in [7, 11) is 4.10. The van der Waals surface area contributed by atoms with Gasteiger partial charge < -0.3 is 14.8 Å². The molecule has 0 aliphatic carbocycles. The molecule has 1 N–H and O–H groups in total. The first-order chi connectivity index (χ1) is 12.0. The van der Waals surface area contributed by atoms with E-state index in [0.29, 0.717) is 6.54 Å². The molecule has 0 saturated heterocycles. The summed E-state index contributed by atoms with van der Waals surface area (Å²) in [4.78, 5) is 19.0. The average molecular weight is 336 g/mol. The van der Waals surface area contributed by atoms with Gasteiger partial charge in [0.05, 0.1) is 17.4 Å². The lowest BCUT2D eigenvalue weighted by Crippen LogP contribution is -2.30. The van der Waals surface area contributed by atoms with E-state index in [4.69, 9.17) is 0 Å². The molecule has 0 bridgehead atoms. The van der Waals surface area contributed by atoms with Gasteiger partial charge in [-0.2, -0.15) is 0 Å². The highest BCUT2D eigenvalue weighted by Crippen LogP contribution is 2.17. The number of carbonyl (C=O) groups is 1. The van der Waals surface area contributed by atoms with Crippen LogP contribution in [0.4, 0.5) is 0 Å². The van der Waals surface area contributed by atoms with E-state index in [1.54, 1.807) is 6.33 Å². The van der Waals surface area contributed by atoms with Crippen LogP contribution in [-0.4, -0.2) is 34.5 Å². The summed E-state index contributed by atoms with van der Waals surface area (Å²) < 4.78 is 1.91. The molecule has 130 valence electrons. The fraction of sp³-hybridized carbons (Fsp3) is 0.300. The molecule has 0 aliphatic rings. The molecule has 1 atom stereocenters. The monoisotopic (exact) mass is 336 g/mol. The number of aromatic nitrogens is 2. The predicted molar refractivity (Wildman–Crippen MR) is 100 cm³/mol. The van der Waals surface area contributed by atoms with E-state index in [0.717, 1.165) is 23.1 Å². The largest absolute Gasteiger partial charge is 0.350 e. The molecule has 1 amide bonds. The maximum Gasteiger partial charge on any atom is 0.243 e. The molecular weight excluding hydrogens is 312 g/mol. The van der Waals surface area contributed by atoms with Crippen molar-refractivity contribution in [3.63, 3.8) is 0 Å². The number of nitrogens with one attached hydrogen (secondary N) is 1. The van der Waals surface area contributed by atoms with Crippen molar-refractivity contribution in [2.75, 3.05) is 14.1 Å². The Morgan fingerprint density at radius 2 is 1.80 bits per heavy atom. The first-order valence-electron chi connectivity index (χ1n) is 8.46. The van der Waals surface area contributed by atoms with Gasteiger partial charge in [0.15, 0.2) is 0 Å². The minimum absolute atomic E-state index is 0.0134. The number of imidazole rings is 1. The van der Waals surface area contributed by atoms with Gasteiger partial charge in [0.25, 0.3) is 0 Å². The lowest BCUT2D eigenvalue weighted by atomic mass is 10.1. The van der Waals surface area contributed by atoms with Gasteiger partial charge in [0.2, 0.25) is 5.91 Å². The molecule has 3 aromatic rings. The number of hydrogen-bond acceptors (Lipinski definition) is 3. The van der Waals surface area contributed by atoms with E-state index < -0.39 is 0 Å². The Morgan fingerprint density at radius 1 is 1.12 bits per heavy atom. The van der Waals surface area contributed by atoms with Crippen LogP contribution < -0.4 is 5.32 Å². The summed E-state index contributed by atoms with van der Waals surface area (Å²) in [6.45, 7) is 3.33. The lowest BCUT2D eigenvalue weighted by Gasteiger charge is -2.15. The van der Waals surface area contributed by atoms with Crippen molar-refractivity contribution in [1.82, 2.24) is 19.8 Å². The highest BCUT2D eigenvalue weighted by atomic mass is 16.2. The van der Waals surface area contributed by atoms with Crippen LogP contribution in [0.15, 0.2) is 54.9 Å². The molecule has 2 aromatic carbocycles. The molecule has 1 heterocycles. The summed E-state index contributed by atoms with van der Waals surface area (Å²) in [6.07, 6.45) is 1.73. The minimum Gasteiger partial charge on any atom is -0.350 e. The SMILES string of the molecule is CC(C(=O)NCc1ccc(CN(C)C)cc1)n1cnc2ccccc21. The Bertz CT molecular complexity index is 852. The Kier molecular flexibility index (Phi) is 5.14. The third-order valence-corrected chi connectivity index (χ3v) is 4.27. The van der Waals surface area contributed by atoms with Gasteiger partial charge in [-0.25, -0.2) is 4.98 Å². The Balaban J connectivity index is 1.62. The molecule has 0 fully saturated rings. The molecule has 0 aliphatic heterocycles.